The Morgan fingerprint density at radius 3 is 2.75 bits per heavy atom. The Bertz CT molecular complexity index is 653. The maximum Gasteiger partial charge on any atom is 0.419 e. The van der Waals surface area contributed by atoms with Crippen molar-refractivity contribution in [3.8, 4) is 0 Å². The van der Waals surface area contributed by atoms with E-state index in [0.29, 0.717) is 5.56 Å². The summed E-state index contributed by atoms with van der Waals surface area (Å²) in [5, 5.41) is 12.9. The van der Waals surface area contributed by atoms with Gasteiger partial charge in [-0.2, -0.15) is 10.7 Å². The van der Waals surface area contributed by atoms with Crippen molar-refractivity contribution in [2.45, 2.75) is 26.4 Å². The van der Waals surface area contributed by atoms with Gasteiger partial charge in [-0.25, -0.2) is 4.79 Å². The topological polar surface area (TPSA) is 75.9 Å². The Labute approximate surface area is 116 Å². The number of benzene rings is 1. The first-order valence-corrected chi connectivity index (χ1v) is 6.18. The minimum absolute atomic E-state index is 0.453. The van der Waals surface area contributed by atoms with Gasteiger partial charge in [0.2, 0.25) is 0 Å². The molecule has 0 aliphatic heterocycles. The lowest BCUT2D eigenvalue weighted by Gasteiger charge is -2.19. The van der Waals surface area contributed by atoms with E-state index in [-0.39, 0.29) is 0 Å². The lowest BCUT2D eigenvalue weighted by molar-refractivity contribution is 0.0544. The molecule has 6 nitrogen and oxygen atoms in total. The number of nitrogens with zero attached hydrogens (tertiary/aromatic N) is 2. The van der Waals surface area contributed by atoms with Crippen LogP contribution in [0.15, 0.2) is 35.6 Å². The number of carbonyl (C=O) groups excluding carboxylic acids is 1. The second-order valence-corrected chi connectivity index (χ2v) is 5.31. The van der Waals surface area contributed by atoms with Crippen LogP contribution in [0.5, 0.6) is 0 Å². The average Bonchev–Trinajstić information content (AvgIpc) is 2.73. The summed E-state index contributed by atoms with van der Waals surface area (Å²) in [5.74, 6) is 0. The number of rotatable bonds is 2. The smallest absolute Gasteiger partial charge is 0.419 e. The molecule has 0 spiro atoms. The highest BCUT2D eigenvalue weighted by molar-refractivity contribution is 6.02. The summed E-state index contributed by atoms with van der Waals surface area (Å²) in [5.41, 5.74) is 2.56. The molecule has 1 aromatic carbocycles. The molecule has 20 heavy (non-hydrogen) atoms. The van der Waals surface area contributed by atoms with Crippen LogP contribution in [0.1, 0.15) is 26.3 Å². The number of fused-ring (bicyclic) bond motifs is 1. The van der Waals surface area contributed by atoms with Gasteiger partial charge in [-0.3, -0.25) is 9.77 Å². The van der Waals surface area contributed by atoms with Crippen molar-refractivity contribution >= 4 is 23.2 Å². The van der Waals surface area contributed by atoms with Crippen molar-refractivity contribution in [1.82, 2.24) is 10.2 Å². The molecular formula is C14H17N3O3. The Kier molecular flexibility index (Phi) is 3.76. The lowest BCUT2D eigenvalue weighted by Crippen LogP contribution is -2.26. The lowest BCUT2D eigenvalue weighted by atomic mass is 10.2. The largest absolute Gasteiger partial charge is 0.443 e. The van der Waals surface area contributed by atoms with Crippen molar-refractivity contribution in [2.24, 2.45) is 5.10 Å². The maximum absolute atomic E-state index is 12.2. The van der Waals surface area contributed by atoms with E-state index >= 15 is 0 Å². The van der Waals surface area contributed by atoms with Gasteiger partial charge in [0.25, 0.3) is 0 Å². The molecule has 2 N–H and O–H groups in total. The van der Waals surface area contributed by atoms with Crippen LogP contribution in [0.4, 0.5) is 4.79 Å². The highest BCUT2D eigenvalue weighted by Gasteiger charge is 2.20. The van der Waals surface area contributed by atoms with Gasteiger partial charge in [-0.1, -0.05) is 18.2 Å². The van der Waals surface area contributed by atoms with Crippen LogP contribution in [0.25, 0.3) is 10.9 Å². The highest BCUT2D eigenvalue weighted by atomic mass is 16.6. The number of para-hydroxylation sites is 1. The molecular weight excluding hydrogens is 258 g/mol. The van der Waals surface area contributed by atoms with Gasteiger partial charge in [-0.05, 0) is 26.8 Å². The highest BCUT2D eigenvalue weighted by Crippen LogP contribution is 2.21. The number of hydrogen-bond acceptors (Lipinski definition) is 5. The Balaban J connectivity index is 2.48. The zero-order valence-electron chi connectivity index (χ0n) is 11.6. The van der Waals surface area contributed by atoms with Gasteiger partial charge in [0.05, 0.1) is 11.7 Å². The minimum Gasteiger partial charge on any atom is -0.443 e. The van der Waals surface area contributed by atoms with E-state index in [1.165, 1.54) is 10.8 Å². The van der Waals surface area contributed by atoms with Gasteiger partial charge in [0.15, 0.2) is 0 Å². The normalized spacial score (nSPS) is 12.0. The van der Waals surface area contributed by atoms with E-state index in [1.807, 2.05) is 45.0 Å². The predicted molar refractivity (Wildman–Crippen MR) is 76.1 cm³/mol. The van der Waals surface area contributed by atoms with E-state index in [4.69, 9.17) is 9.94 Å². The third-order valence-electron chi connectivity index (χ3n) is 2.59. The zero-order valence-corrected chi connectivity index (χ0v) is 11.6. The van der Waals surface area contributed by atoms with Crippen LogP contribution in [-0.2, 0) is 4.74 Å². The van der Waals surface area contributed by atoms with E-state index in [2.05, 4.69) is 5.10 Å². The first kappa shape index (κ1) is 14.1. The van der Waals surface area contributed by atoms with Crippen LogP contribution in [-0.4, -0.2) is 27.7 Å². The fourth-order valence-corrected chi connectivity index (χ4v) is 1.87. The SMILES string of the molecule is CC(C)(C)OC(=O)n1cc(/C=N/NO)c2ccccc21. The minimum atomic E-state index is -0.566. The quantitative estimate of drug-likeness (QED) is 0.652. The molecule has 0 aliphatic rings. The summed E-state index contributed by atoms with van der Waals surface area (Å²) in [7, 11) is 0. The standard InChI is InChI=1S/C14H17N3O3/c1-14(2,3)20-13(18)17-9-10(8-15-16-19)11-6-4-5-7-12(11)17/h4-9,16,19H,1-3H3/b15-8+. The van der Waals surface area contributed by atoms with Crippen LogP contribution < -0.4 is 5.59 Å². The summed E-state index contributed by atoms with van der Waals surface area (Å²) in [6, 6.07) is 7.40. The number of aromatic nitrogens is 1. The van der Waals surface area contributed by atoms with Crippen LogP contribution in [0, 0.1) is 0 Å². The zero-order chi connectivity index (χ0) is 14.8. The monoisotopic (exact) mass is 275 g/mol. The van der Waals surface area contributed by atoms with E-state index in [0.717, 1.165) is 10.9 Å². The molecule has 6 heteroatoms. The summed E-state index contributed by atoms with van der Waals surface area (Å²) < 4.78 is 6.79. The molecule has 0 radical (unpaired) electrons. The van der Waals surface area contributed by atoms with Crippen LogP contribution >= 0.6 is 0 Å². The second kappa shape index (κ2) is 5.34. The third-order valence-corrected chi connectivity index (χ3v) is 2.59. The van der Waals surface area contributed by atoms with Crippen molar-refractivity contribution < 1.29 is 14.7 Å². The molecule has 2 rings (SSSR count). The fourth-order valence-electron chi connectivity index (χ4n) is 1.87. The molecule has 0 bridgehead atoms. The van der Waals surface area contributed by atoms with Gasteiger partial charge in [0.1, 0.15) is 5.60 Å². The Morgan fingerprint density at radius 1 is 1.40 bits per heavy atom. The van der Waals surface area contributed by atoms with Crippen molar-refractivity contribution in [3.63, 3.8) is 0 Å². The van der Waals surface area contributed by atoms with E-state index in [1.54, 1.807) is 11.8 Å². The molecule has 0 aliphatic carbocycles. The van der Waals surface area contributed by atoms with Gasteiger partial charge < -0.3 is 4.74 Å². The summed E-state index contributed by atoms with van der Waals surface area (Å²) in [4.78, 5) is 12.2. The molecule has 0 saturated carbocycles. The van der Waals surface area contributed by atoms with Gasteiger partial charge >= 0.3 is 6.09 Å². The Hall–Kier alpha value is -2.34. The molecule has 106 valence electrons. The first-order valence-electron chi connectivity index (χ1n) is 6.18. The van der Waals surface area contributed by atoms with Crippen LogP contribution in [0.3, 0.4) is 0 Å². The second-order valence-electron chi connectivity index (χ2n) is 5.31. The Morgan fingerprint density at radius 2 is 2.10 bits per heavy atom. The van der Waals surface area contributed by atoms with E-state index in [9.17, 15) is 4.79 Å². The number of ether oxygens (including phenoxy) is 1. The number of carbonyl (C=O) groups is 1. The van der Waals surface area contributed by atoms with Gasteiger partial charge in [0, 0.05) is 17.1 Å². The predicted octanol–water partition coefficient (Wildman–Crippen LogP) is 2.74. The van der Waals surface area contributed by atoms with Crippen molar-refractivity contribution in [1.29, 1.82) is 0 Å². The molecule has 0 unspecified atom stereocenters. The fraction of sp³-hybridized carbons (Fsp3) is 0.286. The molecule has 0 saturated heterocycles. The van der Waals surface area contributed by atoms with Crippen molar-refractivity contribution in [3.05, 3.63) is 36.0 Å². The van der Waals surface area contributed by atoms with Gasteiger partial charge in [-0.15, -0.1) is 0 Å². The summed E-state index contributed by atoms with van der Waals surface area (Å²) in [6.45, 7) is 5.44. The number of hydrogen-bond donors (Lipinski definition) is 2. The van der Waals surface area contributed by atoms with Crippen LogP contribution in [0.2, 0.25) is 0 Å². The molecule has 2 aromatic rings. The first-order chi connectivity index (χ1) is 9.42. The molecule has 1 aromatic heterocycles. The maximum atomic E-state index is 12.2. The number of hydrazone groups is 1. The van der Waals surface area contributed by atoms with E-state index < -0.39 is 11.7 Å². The summed E-state index contributed by atoms with van der Waals surface area (Å²) >= 11 is 0. The third kappa shape index (κ3) is 2.97. The summed E-state index contributed by atoms with van der Waals surface area (Å²) in [6.07, 6.45) is 2.60. The molecule has 0 fully saturated rings. The average molecular weight is 275 g/mol. The molecule has 0 atom stereocenters. The molecule has 0 amide bonds. The number of nitrogens with one attached hydrogen (secondary N) is 1. The molecule has 1 heterocycles. The van der Waals surface area contributed by atoms with Crippen molar-refractivity contribution in [2.75, 3.05) is 0 Å².